The Morgan fingerprint density at radius 1 is 1.27 bits per heavy atom. The maximum atomic E-state index is 13.2. The van der Waals surface area contributed by atoms with Gasteiger partial charge in [0, 0.05) is 43.6 Å². The summed E-state index contributed by atoms with van der Waals surface area (Å²) >= 11 is 0. The van der Waals surface area contributed by atoms with Crippen LogP contribution >= 0.6 is 0 Å². The van der Waals surface area contributed by atoms with E-state index in [9.17, 15) is 13.2 Å². The van der Waals surface area contributed by atoms with E-state index in [4.69, 9.17) is 5.26 Å². The topological polar surface area (TPSA) is 56.0 Å². The second-order valence-corrected chi connectivity index (χ2v) is 6.36. The number of alkyl halides is 3. The number of anilines is 2. The number of aryl methyl sites for hydroxylation is 1. The summed E-state index contributed by atoms with van der Waals surface area (Å²) in [4.78, 5) is 12.3. The SMILES string of the molecule is Cc1cc(N(C)C2CCN(c3ccc(C#N)c(C(F)(F)F)c3)C2)ncn1. The summed E-state index contributed by atoms with van der Waals surface area (Å²) in [7, 11) is 1.93. The monoisotopic (exact) mass is 361 g/mol. The average molecular weight is 361 g/mol. The lowest BCUT2D eigenvalue weighted by Crippen LogP contribution is -2.35. The van der Waals surface area contributed by atoms with Crippen LogP contribution in [0.3, 0.4) is 0 Å². The molecule has 5 nitrogen and oxygen atoms in total. The standard InChI is InChI=1S/C18H18F3N5/c1-12-7-17(24-11-23-12)25(2)15-5-6-26(10-15)14-4-3-13(9-22)16(8-14)18(19,20)21/h3-4,7-8,11,15H,5-6,10H2,1-2H3. The van der Waals surface area contributed by atoms with Crippen LogP contribution in [-0.2, 0) is 6.18 Å². The van der Waals surface area contributed by atoms with Crippen molar-refractivity contribution in [2.75, 3.05) is 29.9 Å². The molecule has 1 aliphatic rings. The second-order valence-electron chi connectivity index (χ2n) is 6.36. The highest BCUT2D eigenvalue weighted by Crippen LogP contribution is 2.35. The third-order valence-corrected chi connectivity index (χ3v) is 4.66. The van der Waals surface area contributed by atoms with Crippen molar-refractivity contribution in [1.82, 2.24) is 9.97 Å². The molecule has 1 saturated heterocycles. The molecule has 0 bridgehead atoms. The van der Waals surface area contributed by atoms with E-state index in [1.807, 2.05) is 29.8 Å². The van der Waals surface area contributed by atoms with Gasteiger partial charge in [0.15, 0.2) is 0 Å². The minimum absolute atomic E-state index is 0.134. The van der Waals surface area contributed by atoms with Crippen molar-refractivity contribution in [3.05, 3.63) is 47.4 Å². The zero-order valence-corrected chi connectivity index (χ0v) is 14.5. The molecule has 0 saturated carbocycles. The highest BCUT2D eigenvalue weighted by Gasteiger charge is 2.35. The molecule has 1 aromatic carbocycles. The Hall–Kier alpha value is -2.82. The van der Waals surface area contributed by atoms with E-state index < -0.39 is 11.7 Å². The molecule has 0 spiro atoms. The first kappa shape index (κ1) is 18.0. The van der Waals surface area contributed by atoms with Gasteiger partial charge in [0.2, 0.25) is 0 Å². The molecule has 0 radical (unpaired) electrons. The molecule has 26 heavy (non-hydrogen) atoms. The van der Waals surface area contributed by atoms with Gasteiger partial charge in [0.05, 0.1) is 17.2 Å². The van der Waals surface area contributed by atoms with E-state index in [1.54, 1.807) is 12.1 Å². The molecule has 0 N–H and O–H groups in total. The number of hydrogen-bond donors (Lipinski definition) is 0. The Morgan fingerprint density at radius 2 is 2.04 bits per heavy atom. The first-order valence-corrected chi connectivity index (χ1v) is 8.17. The van der Waals surface area contributed by atoms with Crippen molar-refractivity contribution in [3.63, 3.8) is 0 Å². The van der Waals surface area contributed by atoms with Gasteiger partial charge >= 0.3 is 6.18 Å². The normalized spacial score (nSPS) is 17.2. The van der Waals surface area contributed by atoms with Crippen molar-refractivity contribution in [1.29, 1.82) is 5.26 Å². The molecule has 0 amide bonds. The van der Waals surface area contributed by atoms with Gasteiger partial charge in [-0.15, -0.1) is 0 Å². The zero-order valence-electron chi connectivity index (χ0n) is 14.5. The van der Waals surface area contributed by atoms with E-state index in [-0.39, 0.29) is 11.6 Å². The minimum Gasteiger partial charge on any atom is -0.369 e. The molecule has 1 aliphatic heterocycles. The van der Waals surface area contributed by atoms with E-state index in [1.165, 1.54) is 12.4 Å². The average Bonchev–Trinajstić information content (AvgIpc) is 3.10. The maximum Gasteiger partial charge on any atom is 0.417 e. The van der Waals surface area contributed by atoms with Crippen molar-refractivity contribution >= 4 is 11.5 Å². The van der Waals surface area contributed by atoms with Crippen LogP contribution in [0.5, 0.6) is 0 Å². The van der Waals surface area contributed by atoms with E-state index in [0.717, 1.165) is 24.0 Å². The molecule has 1 unspecified atom stereocenters. The Kier molecular flexibility index (Phi) is 4.72. The zero-order chi connectivity index (χ0) is 18.9. The van der Waals surface area contributed by atoms with Gasteiger partial charge in [-0.3, -0.25) is 0 Å². The fraction of sp³-hybridized carbons (Fsp3) is 0.389. The molecule has 136 valence electrons. The first-order chi connectivity index (χ1) is 12.3. The Bertz CT molecular complexity index is 843. The van der Waals surface area contributed by atoms with Crippen LogP contribution < -0.4 is 9.80 Å². The van der Waals surface area contributed by atoms with Crippen LogP contribution in [0.1, 0.15) is 23.2 Å². The van der Waals surface area contributed by atoms with Crippen LogP contribution in [-0.4, -0.2) is 36.1 Å². The Labute approximate surface area is 149 Å². The van der Waals surface area contributed by atoms with E-state index >= 15 is 0 Å². The molecule has 1 atom stereocenters. The summed E-state index contributed by atoms with van der Waals surface area (Å²) in [5.74, 6) is 0.792. The lowest BCUT2D eigenvalue weighted by Gasteiger charge is -2.26. The molecule has 2 aromatic rings. The number of aromatic nitrogens is 2. The van der Waals surface area contributed by atoms with Gasteiger partial charge in [-0.25, -0.2) is 9.97 Å². The quantitative estimate of drug-likeness (QED) is 0.839. The van der Waals surface area contributed by atoms with Crippen LogP contribution in [0.2, 0.25) is 0 Å². The number of nitrogens with zero attached hydrogens (tertiary/aromatic N) is 5. The summed E-state index contributed by atoms with van der Waals surface area (Å²) in [5.41, 5.74) is 0.0935. The van der Waals surface area contributed by atoms with E-state index in [2.05, 4.69) is 9.97 Å². The molecule has 0 aliphatic carbocycles. The molecule has 1 aromatic heterocycles. The van der Waals surface area contributed by atoms with Gasteiger partial charge in [-0.2, -0.15) is 18.4 Å². The third-order valence-electron chi connectivity index (χ3n) is 4.66. The molecular formula is C18H18F3N5. The number of likely N-dealkylation sites (N-methyl/N-ethyl adjacent to an activating group) is 1. The minimum atomic E-state index is -4.55. The van der Waals surface area contributed by atoms with Gasteiger partial charge in [0.25, 0.3) is 0 Å². The Balaban J connectivity index is 1.80. The summed E-state index contributed by atoms with van der Waals surface area (Å²) < 4.78 is 39.5. The number of halogens is 3. The number of nitriles is 1. The highest BCUT2D eigenvalue weighted by molar-refractivity contribution is 5.56. The largest absolute Gasteiger partial charge is 0.417 e. The van der Waals surface area contributed by atoms with Crippen LogP contribution in [0.15, 0.2) is 30.6 Å². The van der Waals surface area contributed by atoms with Gasteiger partial charge in [-0.05, 0) is 31.5 Å². The second kappa shape index (κ2) is 6.83. The summed E-state index contributed by atoms with van der Waals surface area (Å²) in [5, 5.41) is 8.92. The first-order valence-electron chi connectivity index (χ1n) is 8.17. The van der Waals surface area contributed by atoms with Gasteiger partial charge in [-0.1, -0.05) is 0 Å². The lowest BCUT2D eigenvalue weighted by atomic mass is 10.1. The Morgan fingerprint density at radius 3 is 2.69 bits per heavy atom. The smallest absolute Gasteiger partial charge is 0.369 e. The highest BCUT2D eigenvalue weighted by atomic mass is 19.4. The number of rotatable bonds is 3. The molecule has 3 rings (SSSR count). The third kappa shape index (κ3) is 3.57. The van der Waals surface area contributed by atoms with Crippen LogP contribution in [0, 0.1) is 18.3 Å². The fourth-order valence-corrected chi connectivity index (χ4v) is 3.17. The molecule has 1 fully saturated rings. The van der Waals surface area contributed by atoms with Crippen LogP contribution in [0.25, 0.3) is 0 Å². The van der Waals surface area contributed by atoms with Crippen molar-refractivity contribution in [2.45, 2.75) is 25.6 Å². The summed E-state index contributed by atoms with van der Waals surface area (Å²) in [6.07, 6.45) is -2.24. The lowest BCUT2D eigenvalue weighted by molar-refractivity contribution is -0.137. The molecular weight excluding hydrogens is 343 g/mol. The predicted molar refractivity (Wildman–Crippen MR) is 91.9 cm³/mol. The van der Waals surface area contributed by atoms with Crippen molar-refractivity contribution in [3.8, 4) is 6.07 Å². The summed E-state index contributed by atoms with van der Waals surface area (Å²) in [6.45, 7) is 3.11. The number of benzene rings is 1. The fourth-order valence-electron chi connectivity index (χ4n) is 3.17. The number of hydrogen-bond acceptors (Lipinski definition) is 5. The van der Waals surface area contributed by atoms with Crippen molar-refractivity contribution < 1.29 is 13.2 Å². The molecule has 2 heterocycles. The van der Waals surface area contributed by atoms with Gasteiger partial charge < -0.3 is 9.80 Å². The van der Waals surface area contributed by atoms with Crippen molar-refractivity contribution in [2.24, 2.45) is 0 Å². The van der Waals surface area contributed by atoms with Crippen LogP contribution in [0.4, 0.5) is 24.7 Å². The maximum absolute atomic E-state index is 13.2. The van der Waals surface area contributed by atoms with Gasteiger partial charge in [0.1, 0.15) is 12.1 Å². The predicted octanol–water partition coefficient (Wildman–Crippen LogP) is 3.39. The molecule has 8 heteroatoms. The van der Waals surface area contributed by atoms with E-state index in [0.29, 0.717) is 18.8 Å². The summed E-state index contributed by atoms with van der Waals surface area (Å²) in [6, 6.07) is 7.51.